The molecular weight excluding hydrogens is 362 g/mol. The van der Waals surface area contributed by atoms with Gasteiger partial charge in [0.15, 0.2) is 0 Å². The van der Waals surface area contributed by atoms with Crippen molar-refractivity contribution in [1.29, 1.82) is 0 Å². The number of para-hydroxylation sites is 1. The van der Waals surface area contributed by atoms with Crippen molar-refractivity contribution in [2.75, 3.05) is 5.32 Å². The number of carbonyl (C=O) groups is 2. The Hall–Kier alpha value is -4.01. The minimum absolute atomic E-state index is 0.181. The van der Waals surface area contributed by atoms with E-state index in [4.69, 9.17) is 5.73 Å². The predicted molar refractivity (Wildman–Crippen MR) is 102 cm³/mol. The van der Waals surface area contributed by atoms with E-state index in [9.17, 15) is 19.7 Å². The van der Waals surface area contributed by atoms with Crippen LogP contribution >= 0.6 is 0 Å². The highest BCUT2D eigenvalue weighted by Gasteiger charge is 2.19. The molecule has 0 aliphatic carbocycles. The van der Waals surface area contributed by atoms with Gasteiger partial charge in [-0.05, 0) is 35.6 Å². The van der Waals surface area contributed by atoms with Crippen LogP contribution in [0.4, 0.5) is 11.5 Å². The minimum Gasteiger partial charge on any atom is -0.366 e. The number of amides is 2. The molecule has 1 heterocycles. The fourth-order valence-corrected chi connectivity index (χ4v) is 2.78. The molecule has 0 unspecified atom stereocenters. The van der Waals surface area contributed by atoms with Gasteiger partial charge in [0.25, 0.3) is 11.8 Å². The van der Waals surface area contributed by atoms with Gasteiger partial charge in [0.1, 0.15) is 0 Å². The quantitative estimate of drug-likeness (QED) is 0.501. The molecule has 0 saturated heterocycles. The van der Waals surface area contributed by atoms with Crippen LogP contribution in [0, 0.1) is 17.0 Å². The van der Waals surface area contributed by atoms with Gasteiger partial charge in [-0.3, -0.25) is 9.59 Å². The first-order valence-electron chi connectivity index (χ1n) is 8.33. The van der Waals surface area contributed by atoms with E-state index >= 15 is 0 Å². The van der Waals surface area contributed by atoms with Crippen LogP contribution in [0.3, 0.4) is 0 Å². The lowest BCUT2D eigenvalue weighted by Crippen LogP contribution is -2.20. The Bertz CT molecular complexity index is 1070. The van der Waals surface area contributed by atoms with E-state index in [0.29, 0.717) is 22.5 Å². The summed E-state index contributed by atoms with van der Waals surface area (Å²) in [4.78, 5) is 34.7. The second-order valence-corrected chi connectivity index (χ2v) is 6.08. The number of hydrogen-bond donors (Lipinski definition) is 2. The standard InChI is InChI=1S/C19H17N5O4/c1-12-10-17(24(27)28)22-23(12)11-13-6-2-3-7-14(13)19(26)21-16-9-5-4-8-15(16)18(20)25/h2-10H,11H2,1H3,(H2,20,25)(H,21,26). The zero-order valence-corrected chi connectivity index (χ0v) is 15.0. The van der Waals surface area contributed by atoms with Crippen LogP contribution in [0.25, 0.3) is 0 Å². The van der Waals surface area contributed by atoms with Crippen molar-refractivity contribution in [3.05, 3.63) is 87.1 Å². The molecule has 3 N–H and O–H groups in total. The lowest BCUT2D eigenvalue weighted by atomic mass is 10.1. The Morgan fingerprint density at radius 1 is 1.14 bits per heavy atom. The van der Waals surface area contributed by atoms with Crippen LogP contribution in [0.5, 0.6) is 0 Å². The van der Waals surface area contributed by atoms with Crippen LogP contribution < -0.4 is 11.1 Å². The van der Waals surface area contributed by atoms with Gasteiger partial charge in [-0.15, -0.1) is 0 Å². The van der Waals surface area contributed by atoms with Gasteiger partial charge in [-0.2, -0.15) is 4.68 Å². The van der Waals surface area contributed by atoms with Crippen molar-refractivity contribution in [2.45, 2.75) is 13.5 Å². The Morgan fingerprint density at radius 3 is 2.43 bits per heavy atom. The average molecular weight is 379 g/mol. The number of nitrogens with one attached hydrogen (secondary N) is 1. The van der Waals surface area contributed by atoms with Crippen molar-refractivity contribution in [2.24, 2.45) is 5.73 Å². The number of rotatable bonds is 6. The zero-order chi connectivity index (χ0) is 20.3. The third-order valence-corrected chi connectivity index (χ3v) is 4.18. The fourth-order valence-electron chi connectivity index (χ4n) is 2.78. The summed E-state index contributed by atoms with van der Waals surface area (Å²) in [7, 11) is 0. The number of hydrogen-bond acceptors (Lipinski definition) is 5. The summed E-state index contributed by atoms with van der Waals surface area (Å²) in [5.41, 5.74) is 7.44. The molecular formula is C19H17N5O4. The smallest absolute Gasteiger partial charge is 0.366 e. The molecule has 0 spiro atoms. The highest BCUT2D eigenvalue weighted by atomic mass is 16.6. The lowest BCUT2D eigenvalue weighted by molar-refractivity contribution is -0.389. The highest BCUT2D eigenvalue weighted by molar-refractivity contribution is 6.09. The summed E-state index contributed by atoms with van der Waals surface area (Å²) in [6, 6.07) is 14.6. The largest absolute Gasteiger partial charge is 0.390 e. The number of primary amides is 1. The molecule has 0 aliphatic heterocycles. The molecule has 9 nitrogen and oxygen atoms in total. The number of nitro groups is 1. The lowest BCUT2D eigenvalue weighted by Gasteiger charge is -2.12. The molecule has 1 aromatic heterocycles. The van der Waals surface area contributed by atoms with Gasteiger partial charge < -0.3 is 21.2 Å². The molecule has 0 fully saturated rings. The molecule has 142 valence electrons. The van der Waals surface area contributed by atoms with Crippen molar-refractivity contribution in [1.82, 2.24) is 9.78 Å². The van der Waals surface area contributed by atoms with E-state index in [0.717, 1.165) is 0 Å². The molecule has 9 heteroatoms. The molecule has 2 aromatic carbocycles. The third-order valence-electron chi connectivity index (χ3n) is 4.18. The maximum Gasteiger partial charge on any atom is 0.390 e. The second kappa shape index (κ2) is 7.70. The third kappa shape index (κ3) is 3.88. The summed E-state index contributed by atoms with van der Waals surface area (Å²) in [5.74, 6) is -1.33. The highest BCUT2D eigenvalue weighted by Crippen LogP contribution is 2.19. The summed E-state index contributed by atoms with van der Waals surface area (Å²) in [6.07, 6.45) is 0. The molecule has 3 aromatic rings. The first-order chi connectivity index (χ1) is 13.4. The van der Waals surface area contributed by atoms with E-state index in [1.807, 2.05) is 0 Å². The van der Waals surface area contributed by atoms with Crippen LogP contribution in [0.2, 0.25) is 0 Å². The van der Waals surface area contributed by atoms with Crippen LogP contribution in [-0.4, -0.2) is 26.5 Å². The van der Waals surface area contributed by atoms with E-state index < -0.39 is 16.7 Å². The number of benzene rings is 2. The first-order valence-corrected chi connectivity index (χ1v) is 8.33. The number of carbonyl (C=O) groups excluding carboxylic acids is 2. The number of aromatic nitrogens is 2. The van der Waals surface area contributed by atoms with E-state index in [1.54, 1.807) is 49.4 Å². The molecule has 0 atom stereocenters. The summed E-state index contributed by atoms with van der Waals surface area (Å²) >= 11 is 0. The van der Waals surface area contributed by atoms with Gasteiger partial charge in [0.2, 0.25) is 0 Å². The Morgan fingerprint density at radius 2 is 1.79 bits per heavy atom. The molecule has 0 aliphatic rings. The fraction of sp³-hybridized carbons (Fsp3) is 0.105. The van der Waals surface area contributed by atoms with Gasteiger partial charge in [0.05, 0.1) is 34.7 Å². The Labute approximate surface area is 159 Å². The zero-order valence-electron chi connectivity index (χ0n) is 15.0. The van der Waals surface area contributed by atoms with Gasteiger partial charge >= 0.3 is 5.82 Å². The topological polar surface area (TPSA) is 133 Å². The molecule has 0 saturated carbocycles. The van der Waals surface area contributed by atoms with Gasteiger partial charge in [-0.1, -0.05) is 30.3 Å². The Balaban J connectivity index is 1.89. The molecule has 0 bridgehead atoms. The van der Waals surface area contributed by atoms with E-state index in [1.165, 1.54) is 16.8 Å². The summed E-state index contributed by atoms with van der Waals surface area (Å²) in [6.45, 7) is 1.88. The summed E-state index contributed by atoms with van der Waals surface area (Å²) in [5, 5.41) is 17.6. The SMILES string of the molecule is Cc1cc([N+](=O)[O-])nn1Cc1ccccc1C(=O)Nc1ccccc1C(N)=O. The van der Waals surface area contributed by atoms with Gasteiger partial charge in [-0.25, -0.2) is 0 Å². The van der Waals surface area contributed by atoms with Crippen molar-refractivity contribution in [3.63, 3.8) is 0 Å². The normalized spacial score (nSPS) is 10.5. The second-order valence-electron chi connectivity index (χ2n) is 6.08. The molecule has 0 radical (unpaired) electrons. The predicted octanol–water partition coefficient (Wildman–Crippen LogP) is 2.50. The molecule has 3 rings (SSSR count). The monoisotopic (exact) mass is 379 g/mol. The minimum atomic E-state index is -0.649. The number of anilines is 1. The average Bonchev–Trinajstić information content (AvgIpc) is 3.03. The number of nitrogens with two attached hydrogens (primary N) is 1. The van der Waals surface area contributed by atoms with Crippen LogP contribution in [-0.2, 0) is 6.54 Å². The Kier molecular flexibility index (Phi) is 5.16. The van der Waals surface area contributed by atoms with Crippen molar-refractivity contribution >= 4 is 23.3 Å². The van der Waals surface area contributed by atoms with Crippen molar-refractivity contribution < 1.29 is 14.5 Å². The van der Waals surface area contributed by atoms with Gasteiger partial charge in [0, 0.05) is 5.56 Å². The maximum atomic E-state index is 12.8. The molecule has 28 heavy (non-hydrogen) atoms. The number of aryl methyl sites for hydroxylation is 1. The maximum absolute atomic E-state index is 12.8. The van der Waals surface area contributed by atoms with Crippen LogP contribution in [0.1, 0.15) is 32.0 Å². The first kappa shape index (κ1) is 18.8. The van der Waals surface area contributed by atoms with Crippen molar-refractivity contribution in [3.8, 4) is 0 Å². The van der Waals surface area contributed by atoms with E-state index in [2.05, 4.69) is 10.4 Å². The summed E-state index contributed by atoms with van der Waals surface area (Å²) < 4.78 is 1.46. The van der Waals surface area contributed by atoms with Crippen LogP contribution in [0.15, 0.2) is 54.6 Å². The number of nitrogens with zero attached hydrogens (tertiary/aromatic N) is 3. The molecule has 2 amide bonds. The van der Waals surface area contributed by atoms with E-state index in [-0.39, 0.29) is 17.9 Å².